The standard InChI is InChI=1S/C10H20O4/c11-8-4-3-6-9(12)5-1-2-7-10(13)14/h9,11-12H,1-8H2,(H,13,14). The van der Waals surface area contributed by atoms with Gasteiger partial charge in [-0.2, -0.15) is 0 Å². The van der Waals surface area contributed by atoms with E-state index in [2.05, 4.69) is 0 Å². The summed E-state index contributed by atoms with van der Waals surface area (Å²) in [5.74, 6) is -0.778. The van der Waals surface area contributed by atoms with E-state index in [4.69, 9.17) is 10.2 Å². The Hall–Kier alpha value is -0.610. The number of unbranched alkanes of at least 4 members (excludes halogenated alkanes) is 2. The molecule has 0 bridgehead atoms. The zero-order valence-corrected chi connectivity index (χ0v) is 8.48. The van der Waals surface area contributed by atoms with Crippen LogP contribution in [0, 0.1) is 0 Å². The summed E-state index contributed by atoms with van der Waals surface area (Å²) in [5, 5.41) is 26.3. The second-order valence-corrected chi connectivity index (χ2v) is 3.51. The highest BCUT2D eigenvalue weighted by Gasteiger charge is 2.04. The number of rotatable bonds is 9. The van der Waals surface area contributed by atoms with Crippen LogP contribution in [0.2, 0.25) is 0 Å². The molecule has 0 rings (SSSR count). The molecule has 1 unspecified atom stereocenters. The lowest BCUT2D eigenvalue weighted by Crippen LogP contribution is -2.06. The van der Waals surface area contributed by atoms with Gasteiger partial charge < -0.3 is 15.3 Å². The second kappa shape index (κ2) is 8.97. The molecular formula is C10H20O4. The van der Waals surface area contributed by atoms with Gasteiger partial charge in [-0.25, -0.2) is 0 Å². The Morgan fingerprint density at radius 1 is 1.07 bits per heavy atom. The lowest BCUT2D eigenvalue weighted by Gasteiger charge is -2.08. The maximum Gasteiger partial charge on any atom is 0.303 e. The number of carboxylic acids is 1. The van der Waals surface area contributed by atoms with E-state index in [0.29, 0.717) is 19.3 Å². The smallest absolute Gasteiger partial charge is 0.303 e. The van der Waals surface area contributed by atoms with Gasteiger partial charge in [-0.1, -0.05) is 6.42 Å². The molecule has 0 heterocycles. The molecule has 0 aliphatic carbocycles. The predicted molar refractivity (Wildman–Crippen MR) is 53.0 cm³/mol. The number of hydrogen-bond donors (Lipinski definition) is 3. The average molecular weight is 204 g/mol. The summed E-state index contributed by atoms with van der Waals surface area (Å²) in [6, 6.07) is 0. The van der Waals surface area contributed by atoms with Crippen molar-refractivity contribution < 1.29 is 20.1 Å². The van der Waals surface area contributed by atoms with Crippen molar-refractivity contribution in [1.29, 1.82) is 0 Å². The van der Waals surface area contributed by atoms with Crippen molar-refractivity contribution in [3.8, 4) is 0 Å². The Kier molecular flexibility index (Phi) is 8.57. The summed E-state index contributed by atoms with van der Waals surface area (Å²) in [5.41, 5.74) is 0. The quantitative estimate of drug-likeness (QED) is 0.492. The van der Waals surface area contributed by atoms with Gasteiger partial charge in [-0.15, -0.1) is 0 Å². The maximum atomic E-state index is 10.2. The lowest BCUT2D eigenvalue weighted by molar-refractivity contribution is -0.137. The van der Waals surface area contributed by atoms with Crippen LogP contribution in [0.25, 0.3) is 0 Å². The molecule has 84 valence electrons. The third-order valence-corrected chi connectivity index (χ3v) is 2.12. The summed E-state index contributed by atoms with van der Waals surface area (Å²) >= 11 is 0. The normalized spacial score (nSPS) is 12.7. The van der Waals surface area contributed by atoms with E-state index >= 15 is 0 Å². The molecule has 14 heavy (non-hydrogen) atoms. The van der Waals surface area contributed by atoms with Gasteiger partial charge in [0.05, 0.1) is 6.10 Å². The topological polar surface area (TPSA) is 77.8 Å². The van der Waals surface area contributed by atoms with Crippen molar-refractivity contribution in [2.45, 2.75) is 51.0 Å². The summed E-state index contributed by atoms with van der Waals surface area (Å²) in [7, 11) is 0. The van der Waals surface area contributed by atoms with Crippen molar-refractivity contribution in [1.82, 2.24) is 0 Å². The highest BCUT2D eigenvalue weighted by Crippen LogP contribution is 2.09. The van der Waals surface area contributed by atoms with Crippen LogP contribution in [0.15, 0.2) is 0 Å². The molecule has 0 aromatic carbocycles. The molecule has 0 spiro atoms. The van der Waals surface area contributed by atoms with Crippen LogP contribution in [0.4, 0.5) is 0 Å². The fourth-order valence-corrected chi connectivity index (χ4v) is 1.29. The summed E-state index contributed by atoms with van der Waals surface area (Å²) < 4.78 is 0. The molecule has 0 fully saturated rings. The summed E-state index contributed by atoms with van der Waals surface area (Å²) in [4.78, 5) is 10.2. The molecule has 4 nitrogen and oxygen atoms in total. The highest BCUT2D eigenvalue weighted by molar-refractivity contribution is 5.66. The first-order valence-electron chi connectivity index (χ1n) is 5.17. The number of carbonyl (C=O) groups is 1. The molecule has 0 aromatic heterocycles. The van der Waals surface area contributed by atoms with Crippen molar-refractivity contribution in [3.63, 3.8) is 0 Å². The summed E-state index contributed by atoms with van der Waals surface area (Å²) in [6.45, 7) is 0.172. The van der Waals surface area contributed by atoms with E-state index < -0.39 is 5.97 Å². The molecule has 0 aliphatic heterocycles. The Bertz CT molecular complexity index is 147. The Balaban J connectivity index is 3.18. The van der Waals surface area contributed by atoms with Gasteiger partial charge in [0.1, 0.15) is 0 Å². The van der Waals surface area contributed by atoms with Gasteiger partial charge in [0.25, 0.3) is 0 Å². The molecule has 0 radical (unpaired) electrons. The van der Waals surface area contributed by atoms with E-state index in [-0.39, 0.29) is 19.1 Å². The van der Waals surface area contributed by atoms with Crippen LogP contribution < -0.4 is 0 Å². The van der Waals surface area contributed by atoms with Gasteiger partial charge in [0.2, 0.25) is 0 Å². The zero-order chi connectivity index (χ0) is 10.8. The Morgan fingerprint density at radius 2 is 1.64 bits per heavy atom. The van der Waals surface area contributed by atoms with Gasteiger partial charge >= 0.3 is 5.97 Å². The van der Waals surface area contributed by atoms with Crippen LogP contribution in [0.3, 0.4) is 0 Å². The molecular weight excluding hydrogens is 184 g/mol. The SMILES string of the molecule is O=C(O)CCCCC(O)CCCCO. The van der Waals surface area contributed by atoms with Crippen LogP contribution in [0.1, 0.15) is 44.9 Å². The minimum atomic E-state index is -0.778. The molecule has 1 atom stereocenters. The highest BCUT2D eigenvalue weighted by atomic mass is 16.4. The Morgan fingerprint density at radius 3 is 2.14 bits per heavy atom. The van der Waals surface area contributed by atoms with Crippen molar-refractivity contribution >= 4 is 5.97 Å². The molecule has 0 saturated carbocycles. The van der Waals surface area contributed by atoms with E-state index in [1.165, 1.54) is 0 Å². The number of aliphatic hydroxyl groups excluding tert-OH is 2. The number of hydrogen-bond acceptors (Lipinski definition) is 3. The van der Waals surface area contributed by atoms with E-state index in [1.807, 2.05) is 0 Å². The fourth-order valence-electron chi connectivity index (χ4n) is 1.29. The lowest BCUT2D eigenvalue weighted by atomic mass is 10.1. The largest absolute Gasteiger partial charge is 0.481 e. The van der Waals surface area contributed by atoms with Crippen LogP contribution >= 0.6 is 0 Å². The first-order chi connectivity index (χ1) is 6.66. The van der Waals surface area contributed by atoms with Gasteiger partial charge in [-0.05, 0) is 32.1 Å². The zero-order valence-electron chi connectivity index (χ0n) is 8.48. The van der Waals surface area contributed by atoms with Crippen LogP contribution in [-0.2, 0) is 4.79 Å². The maximum absolute atomic E-state index is 10.2. The van der Waals surface area contributed by atoms with Gasteiger partial charge in [0, 0.05) is 13.0 Å². The molecule has 0 aliphatic rings. The number of aliphatic carboxylic acids is 1. The van der Waals surface area contributed by atoms with Crippen LogP contribution in [0.5, 0.6) is 0 Å². The Labute approximate surface area is 84.6 Å². The first kappa shape index (κ1) is 13.4. The average Bonchev–Trinajstić information content (AvgIpc) is 2.13. The number of aliphatic hydroxyl groups is 2. The second-order valence-electron chi connectivity index (χ2n) is 3.51. The van der Waals surface area contributed by atoms with E-state index in [9.17, 15) is 9.90 Å². The predicted octanol–water partition coefficient (Wildman–Crippen LogP) is 1.15. The third kappa shape index (κ3) is 9.48. The molecule has 0 aromatic rings. The monoisotopic (exact) mass is 204 g/mol. The number of carboxylic acid groups (broad SMARTS) is 1. The molecule has 0 saturated heterocycles. The first-order valence-corrected chi connectivity index (χ1v) is 5.17. The van der Waals surface area contributed by atoms with Gasteiger partial charge in [0.15, 0.2) is 0 Å². The third-order valence-electron chi connectivity index (χ3n) is 2.12. The molecule has 4 heteroatoms. The summed E-state index contributed by atoms with van der Waals surface area (Å²) in [6.07, 6.45) is 4.16. The van der Waals surface area contributed by atoms with Crippen molar-refractivity contribution in [2.24, 2.45) is 0 Å². The van der Waals surface area contributed by atoms with Crippen molar-refractivity contribution in [2.75, 3.05) is 6.61 Å². The molecule has 3 N–H and O–H groups in total. The molecule has 0 amide bonds. The van der Waals surface area contributed by atoms with Crippen LogP contribution in [-0.4, -0.2) is 34.0 Å². The minimum Gasteiger partial charge on any atom is -0.481 e. The van der Waals surface area contributed by atoms with E-state index in [0.717, 1.165) is 19.3 Å². The minimum absolute atomic E-state index is 0.172. The van der Waals surface area contributed by atoms with Crippen molar-refractivity contribution in [3.05, 3.63) is 0 Å². The van der Waals surface area contributed by atoms with Gasteiger partial charge in [-0.3, -0.25) is 4.79 Å². The fraction of sp³-hybridized carbons (Fsp3) is 0.900. The van der Waals surface area contributed by atoms with E-state index in [1.54, 1.807) is 0 Å².